The van der Waals surface area contributed by atoms with Gasteiger partial charge in [0.05, 0.1) is 11.4 Å². The van der Waals surface area contributed by atoms with Crippen molar-refractivity contribution in [3.63, 3.8) is 0 Å². The Morgan fingerprint density at radius 2 is 1.50 bits per heavy atom. The number of allylic oxidation sites excluding steroid dienone is 2. The minimum atomic E-state index is -4.66. The summed E-state index contributed by atoms with van der Waals surface area (Å²) in [5.41, 5.74) is 1.32. The fourth-order valence-corrected chi connectivity index (χ4v) is 2.86. The second kappa shape index (κ2) is 7.00. The first kappa shape index (κ1) is 18.6. The molecule has 0 saturated carbocycles. The number of fused-ring (bicyclic) bond motifs is 1. The van der Waals surface area contributed by atoms with Gasteiger partial charge in [0.2, 0.25) is 5.78 Å². The van der Waals surface area contributed by atoms with Gasteiger partial charge in [-0.05, 0) is 30.3 Å². The molecule has 24 heavy (non-hydrogen) atoms. The maximum absolute atomic E-state index is 12.2. The molecule has 0 aromatic heterocycles. The van der Waals surface area contributed by atoms with Gasteiger partial charge in [0.25, 0.3) is 10.1 Å². The number of phenols is 1. The van der Waals surface area contributed by atoms with Gasteiger partial charge in [0, 0.05) is 11.1 Å². The topological polar surface area (TPSA) is 104 Å². The summed E-state index contributed by atoms with van der Waals surface area (Å²) in [6, 6.07) is 12.4. The molecule has 0 bridgehead atoms. The molecule has 0 fully saturated rings. The molecule has 2 N–H and O–H groups in total. The molecule has 8 heteroatoms. The van der Waals surface area contributed by atoms with E-state index in [2.05, 4.69) is 4.99 Å². The van der Waals surface area contributed by atoms with Crippen LogP contribution in [0.3, 0.4) is 0 Å². The largest absolute Gasteiger partial charge is 1.00 e. The number of phenolic OH excluding ortho intramolecular Hbond substituents is 1. The number of benzene rings is 2. The molecule has 0 atom stereocenters. The number of ketones is 1. The summed E-state index contributed by atoms with van der Waals surface area (Å²) in [5, 5.41) is 9.29. The van der Waals surface area contributed by atoms with E-state index >= 15 is 0 Å². The molecule has 6 nitrogen and oxygen atoms in total. The van der Waals surface area contributed by atoms with Gasteiger partial charge in [-0.2, -0.15) is 8.42 Å². The molecule has 1 aliphatic carbocycles. The van der Waals surface area contributed by atoms with Crippen molar-refractivity contribution in [2.75, 3.05) is 0 Å². The molecule has 116 valence electrons. The zero-order valence-corrected chi connectivity index (χ0v) is 15.5. The first-order valence-electron chi connectivity index (χ1n) is 6.57. The third-order valence-electron chi connectivity index (χ3n) is 3.32. The molecule has 2 aromatic carbocycles. The number of Topliss-reactive ketones (excluding diaryl/α,β-unsaturated/α-hetero) is 1. The Morgan fingerprint density at radius 1 is 0.917 bits per heavy atom. The number of hydrogen-bond acceptors (Lipinski definition) is 5. The molecule has 0 aliphatic heterocycles. The van der Waals surface area contributed by atoms with Gasteiger partial charge in [-0.1, -0.05) is 24.3 Å². The van der Waals surface area contributed by atoms with E-state index in [1.54, 1.807) is 30.3 Å². The molecule has 0 spiro atoms. The van der Waals surface area contributed by atoms with Crippen molar-refractivity contribution in [2.45, 2.75) is 0 Å². The first-order chi connectivity index (χ1) is 10.9. The van der Waals surface area contributed by atoms with Gasteiger partial charge >= 0.3 is 29.6 Å². The molecular formula is C16H11NNaO5S+. The summed E-state index contributed by atoms with van der Waals surface area (Å²) < 4.78 is 32.1. The third kappa shape index (κ3) is 3.66. The molecule has 0 saturated heterocycles. The molecule has 0 unspecified atom stereocenters. The average Bonchev–Trinajstić information content (AvgIpc) is 2.51. The van der Waals surface area contributed by atoms with E-state index in [-0.39, 0.29) is 46.6 Å². The van der Waals surface area contributed by atoms with Crippen LogP contribution < -0.4 is 29.6 Å². The number of aliphatic imine (C=N–C) groups is 1. The number of rotatable bonds is 2. The molecule has 0 amide bonds. The van der Waals surface area contributed by atoms with E-state index in [0.717, 1.165) is 6.08 Å². The summed E-state index contributed by atoms with van der Waals surface area (Å²) in [6.07, 6.45) is 1.05. The van der Waals surface area contributed by atoms with Crippen LogP contribution in [0.4, 0.5) is 5.69 Å². The summed E-state index contributed by atoms with van der Waals surface area (Å²) >= 11 is 0. The molecule has 1 aliphatic rings. The van der Waals surface area contributed by atoms with Crippen LogP contribution in [0.15, 0.2) is 64.5 Å². The Labute approximate surface area is 160 Å². The molecule has 2 aromatic rings. The Kier molecular flexibility index (Phi) is 5.42. The Bertz CT molecular complexity index is 962. The number of carbonyl (C=O) groups is 1. The van der Waals surface area contributed by atoms with Gasteiger partial charge in [-0.3, -0.25) is 9.35 Å². The van der Waals surface area contributed by atoms with Crippen LogP contribution in [0.5, 0.6) is 5.75 Å². The number of nitrogens with zero attached hydrogens (tertiary/aromatic N) is 1. The molecule has 0 heterocycles. The van der Waals surface area contributed by atoms with E-state index in [0.29, 0.717) is 11.3 Å². The molecule has 0 radical (unpaired) electrons. The summed E-state index contributed by atoms with van der Waals surface area (Å²) in [7, 11) is -4.66. The van der Waals surface area contributed by atoms with Crippen molar-refractivity contribution in [3.05, 3.63) is 70.6 Å². The van der Waals surface area contributed by atoms with Gasteiger partial charge < -0.3 is 5.11 Å². The van der Waals surface area contributed by atoms with E-state index in [9.17, 15) is 22.9 Å². The van der Waals surface area contributed by atoms with Crippen molar-refractivity contribution in [1.82, 2.24) is 0 Å². The zero-order valence-electron chi connectivity index (χ0n) is 12.7. The van der Waals surface area contributed by atoms with Crippen molar-refractivity contribution >= 4 is 27.3 Å². The number of carbonyl (C=O) groups excluding carboxylic acids is 1. The third-order valence-corrected chi connectivity index (χ3v) is 4.18. The second-order valence-corrected chi connectivity index (χ2v) is 6.26. The van der Waals surface area contributed by atoms with Gasteiger partial charge in [0.1, 0.15) is 10.7 Å². The standard InChI is InChI=1S/C16H11NO5S.Na/c18-11-7-5-10(6-8-11)17-14-9-15(23(20,21)22)16(19)13-4-2-1-3-12(13)14;/h1-9,18H,(H,20,21,22);/q;+1. The van der Waals surface area contributed by atoms with E-state index in [4.69, 9.17) is 0 Å². The van der Waals surface area contributed by atoms with Crippen molar-refractivity contribution < 1.29 is 52.4 Å². The van der Waals surface area contributed by atoms with Crippen molar-refractivity contribution in [2.24, 2.45) is 4.99 Å². The second-order valence-electron chi connectivity index (χ2n) is 4.87. The van der Waals surface area contributed by atoms with E-state index < -0.39 is 20.8 Å². The van der Waals surface area contributed by atoms with Crippen LogP contribution in [0.1, 0.15) is 15.9 Å². The number of hydrogen-bond donors (Lipinski definition) is 2. The predicted molar refractivity (Wildman–Crippen MR) is 84.7 cm³/mol. The summed E-state index contributed by atoms with van der Waals surface area (Å²) in [4.78, 5) is 15.8. The van der Waals surface area contributed by atoms with Gasteiger partial charge in [-0.25, -0.2) is 4.99 Å². The fourth-order valence-electron chi connectivity index (χ4n) is 2.26. The van der Waals surface area contributed by atoms with E-state index in [1.807, 2.05) is 0 Å². The smallest absolute Gasteiger partial charge is 0.508 e. The maximum atomic E-state index is 12.2. The minimum absolute atomic E-state index is 0. The van der Waals surface area contributed by atoms with Gasteiger partial charge in [0.15, 0.2) is 0 Å². The predicted octanol–water partition coefficient (Wildman–Crippen LogP) is -0.515. The Balaban J connectivity index is 0.00000208. The SMILES string of the molecule is O=C1C(S(=O)(=O)O)=CC(=Nc2ccc(O)cc2)c2ccccc21.[Na+]. The van der Waals surface area contributed by atoms with Crippen LogP contribution in [0.25, 0.3) is 0 Å². The fraction of sp³-hybridized carbons (Fsp3) is 0. The van der Waals surface area contributed by atoms with E-state index in [1.165, 1.54) is 18.2 Å². The maximum Gasteiger partial charge on any atom is 1.00 e. The Morgan fingerprint density at radius 3 is 2.08 bits per heavy atom. The summed E-state index contributed by atoms with van der Waals surface area (Å²) in [5.74, 6) is -0.699. The van der Waals surface area contributed by atoms with Crippen LogP contribution in [0, 0.1) is 0 Å². The Hall–Kier alpha value is -1.77. The van der Waals surface area contributed by atoms with Crippen molar-refractivity contribution in [1.29, 1.82) is 0 Å². The summed E-state index contributed by atoms with van der Waals surface area (Å²) in [6.45, 7) is 0. The average molecular weight is 352 g/mol. The van der Waals surface area contributed by atoms with Crippen LogP contribution >= 0.6 is 0 Å². The quantitative estimate of drug-likeness (QED) is 0.559. The normalized spacial score (nSPS) is 15.5. The first-order valence-corrected chi connectivity index (χ1v) is 8.01. The number of aromatic hydroxyl groups is 1. The van der Waals surface area contributed by atoms with Gasteiger partial charge in [-0.15, -0.1) is 0 Å². The zero-order chi connectivity index (χ0) is 16.6. The van der Waals surface area contributed by atoms with Crippen LogP contribution in [0.2, 0.25) is 0 Å². The minimum Gasteiger partial charge on any atom is -0.508 e. The van der Waals surface area contributed by atoms with Crippen molar-refractivity contribution in [3.8, 4) is 5.75 Å². The molecular weight excluding hydrogens is 341 g/mol. The van der Waals surface area contributed by atoms with Crippen LogP contribution in [-0.4, -0.2) is 29.6 Å². The van der Waals surface area contributed by atoms with Crippen LogP contribution in [-0.2, 0) is 10.1 Å². The monoisotopic (exact) mass is 352 g/mol. The molecule has 3 rings (SSSR count).